The Kier molecular flexibility index (Phi) is 5.28. The van der Waals surface area contributed by atoms with E-state index >= 15 is 0 Å². The highest BCUT2D eigenvalue weighted by Gasteiger charge is 2.32. The monoisotopic (exact) mass is 386 g/mol. The highest BCUT2D eigenvalue weighted by Crippen LogP contribution is 2.34. The summed E-state index contributed by atoms with van der Waals surface area (Å²) in [5, 5.41) is 11.6. The first-order chi connectivity index (χ1) is 12.9. The molecule has 0 fully saturated rings. The normalized spacial score (nSPS) is 11.9. The number of benzene rings is 2. The number of nitriles is 1. The molecule has 2 aromatic carbocycles. The molecular formula is C20H13F3N2OS. The van der Waals surface area contributed by atoms with E-state index in [9.17, 15) is 18.4 Å². The molecule has 0 amide bonds. The molecule has 27 heavy (non-hydrogen) atoms. The summed E-state index contributed by atoms with van der Waals surface area (Å²) in [6, 6.07) is 14.3. The summed E-state index contributed by atoms with van der Waals surface area (Å²) in [5.41, 5.74) is 0.636. The minimum Gasteiger partial charge on any atom is -0.497 e. The van der Waals surface area contributed by atoms with Gasteiger partial charge in [0.05, 0.1) is 23.9 Å². The molecule has 0 spiro atoms. The van der Waals surface area contributed by atoms with Gasteiger partial charge in [0.25, 0.3) is 0 Å². The van der Waals surface area contributed by atoms with Crippen LogP contribution in [-0.4, -0.2) is 12.1 Å². The maximum Gasteiger partial charge on any atom is 0.416 e. The zero-order chi connectivity index (χ0) is 19.4. The fourth-order valence-corrected chi connectivity index (χ4v) is 3.29. The maximum atomic E-state index is 13.2. The number of thiazole rings is 1. The van der Waals surface area contributed by atoms with Gasteiger partial charge in [0, 0.05) is 10.9 Å². The number of rotatable bonds is 4. The Labute approximate surface area is 158 Å². The summed E-state index contributed by atoms with van der Waals surface area (Å²) in [6.45, 7) is 0. The van der Waals surface area contributed by atoms with Gasteiger partial charge in [0.2, 0.25) is 0 Å². The quantitative estimate of drug-likeness (QED) is 0.524. The van der Waals surface area contributed by atoms with Gasteiger partial charge in [-0.3, -0.25) is 0 Å². The van der Waals surface area contributed by atoms with E-state index in [0.717, 1.165) is 11.6 Å². The van der Waals surface area contributed by atoms with Crippen LogP contribution in [0.2, 0.25) is 0 Å². The van der Waals surface area contributed by atoms with Gasteiger partial charge in [-0.05, 0) is 29.8 Å². The van der Waals surface area contributed by atoms with Crippen LogP contribution in [0.25, 0.3) is 22.9 Å². The van der Waals surface area contributed by atoms with Gasteiger partial charge in [0.1, 0.15) is 16.8 Å². The SMILES string of the molecule is COc1cccc(-c2csc(/C(C#N)=C/c3ccccc3C(F)(F)F)n2)c1. The Balaban J connectivity index is 2.00. The molecule has 1 heterocycles. The predicted octanol–water partition coefficient (Wildman–Crippen LogP) is 5.90. The third-order valence-electron chi connectivity index (χ3n) is 3.79. The van der Waals surface area contributed by atoms with Crippen molar-refractivity contribution in [1.29, 1.82) is 5.26 Å². The number of ether oxygens (including phenoxy) is 1. The van der Waals surface area contributed by atoms with Crippen LogP contribution < -0.4 is 4.74 Å². The third kappa shape index (κ3) is 4.18. The van der Waals surface area contributed by atoms with E-state index in [2.05, 4.69) is 4.98 Å². The van der Waals surface area contributed by atoms with Crippen molar-refractivity contribution in [3.05, 3.63) is 70.0 Å². The second-order valence-electron chi connectivity index (χ2n) is 5.52. The molecule has 0 aliphatic heterocycles. The number of aromatic nitrogens is 1. The molecule has 0 N–H and O–H groups in total. The van der Waals surface area contributed by atoms with Crippen LogP contribution >= 0.6 is 11.3 Å². The lowest BCUT2D eigenvalue weighted by atomic mass is 10.0. The van der Waals surface area contributed by atoms with Gasteiger partial charge in [-0.2, -0.15) is 18.4 Å². The van der Waals surface area contributed by atoms with Crippen molar-refractivity contribution in [2.24, 2.45) is 0 Å². The topological polar surface area (TPSA) is 45.9 Å². The Bertz CT molecular complexity index is 1030. The van der Waals surface area contributed by atoms with Crippen molar-refractivity contribution in [3.63, 3.8) is 0 Å². The van der Waals surface area contributed by atoms with E-state index < -0.39 is 11.7 Å². The van der Waals surface area contributed by atoms with E-state index in [1.165, 1.54) is 35.6 Å². The standard InChI is InChI=1S/C20H13F3N2OS/c1-26-16-7-4-6-14(10-16)18-12-27-19(25-18)15(11-24)9-13-5-2-3-8-17(13)20(21,22)23/h2-10,12H,1H3/b15-9+. The molecule has 0 unspecified atom stereocenters. The molecule has 3 nitrogen and oxygen atoms in total. The van der Waals surface area contributed by atoms with Crippen molar-refractivity contribution in [2.45, 2.75) is 6.18 Å². The van der Waals surface area contributed by atoms with E-state index in [0.29, 0.717) is 16.5 Å². The van der Waals surface area contributed by atoms with Crippen molar-refractivity contribution in [1.82, 2.24) is 4.98 Å². The molecular weight excluding hydrogens is 373 g/mol. The molecule has 0 aliphatic rings. The van der Waals surface area contributed by atoms with Gasteiger partial charge < -0.3 is 4.74 Å². The van der Waals surface area contributed by atoms with Crippen LogP contribution in [0.15, 0.2) is 53.9 Å². The van der Waals surface area contributed by atoms with Gasteiger partial charge in [-0.15, -0.1) is 11.3 Å². The smallest absolute Gasteiger partial charge is 0.416 e. The molecule has 0 saturated heterocycles. The number of hydrogen-bond donors (Lipinski definition) is 0. The molecule has 0 saturated carbocycles. The first-order valence-electron chi connectivity index (χ1n) is 7.80. The van der Waals surface area contributed by atoms with Gasteiger partial charge >= 0.3 is 6.18 Å². The average Bonchev–Trinajstić information content (AvgIpc) is 3.15. The molecule has 1 aromatic heterocycles. The summed E-state index contributed by atoms with van der Waals surface area (Å²) >= 11 is 1.20. The zero-order valence-corrected chi connectivity index (χ0v) is 14.9. The fraction of sp³-hybridized carbons (Fsp3) is 0.100. The van der Waals surface area contributed by atoms with Gasteiger partial charge in [0.15, 0.2) is 0 Å². The van der Waals surface area contributed by atoms with Crippen LogP contribution in [0, 0.1) is 11.3 Å². The maximum absolute atomic E-state index is 13.2. The average molecular weight is 386 g/mol. The van der Waals surface area contributed by atoms with Crippen molar-refractivity contribution in [2.75, 3.05) is 7.11 Å². The van der Waals surface area contributed by atoms with Gasteiger partial charge in [-0.25, -0.2) is 4.98 Å². The Morgan fingerprint density at radius 1 is 1.19 bits per heavy atom. The van der Waals surface area contributed by atoms with Crippen molar-refractivity contribution >= 4 is 23.0 Å². The molecule has 136 valence electrons. The van der Waals surface area contributed by atoms with Gasteiger partial charge in [-0.1, -0.05) is 30.3 Å². The summed E-state index contributed by atoms with van der Waals surface area (Å²) < 4.78 is 44.7. The number of hydrogen-bond acceptors (Lipinski definition) is 4. The van der Waals surface area contributed by atoms with Crippen LogP contribution in [0.4, 0.5) is 13.2 Å². The summed E-state index contributed by atoms with van der Waals surface area (Å²) in [5.74, 6) is 0.664. The van der Waals surface area contributed by atoms with E-state index in [-0.39, 0.29) is 11.1 Å². The lowest BCUT2D eigenvalue weighted by Gasteiger charge is -2.09. The summed E-state index contributed by atoms with van der Waals surface area (Å²) in [6.07, 6.45) is -3.28. The summed E-state index contributed by atoms with van der Waals surface area (Å²) in [4.78, 5) is 4.41. The molecule has 7 heteroatoms. The Hall–Kier alpha value is -3.11. The van der Waals surface area contributed by atoms with Crippen LogP contribution in [-0.2, 0) is 6.18 Å². The second kappa shape index (κ2) is 7.64. The van der Waals surface area contributed by atoms with Crippen LogP contribution in [0.1, 0.15) is 16.1 Å². The molecule has 3 rings (SSSR count). The molecule has 0 aliphatic carbocycles. The number of nitrogens with zero attached hydrogens (tertiary/aromatic N) is 2. The number of methoxy groups -OCH3 is 1. The van der Waals surface area contributed by atoms with E-state index in [1.807, 2.05) is 18.2 Å². The minimum absolute atomic E-state index is 0.0697. The molecule has 0 atom stereocenters. The van der Waals surface area contributed by atoms with E-state index in [4.69, 9.17) is 4.74 Å². The van der Waals surface area contributed by atoms with Crippen molar-refractivity contribution in [3.8, 4) is 23.1 Å². The van der Waals surface area contributed by atoms with Crippen LogP contribution in [0.5, 0.6) is 5.75 Å². The first-order valence-corrected chi connectivity index (χ1v) is 8.68. The minimum atomic E-state index is -4.50. The Morgan fingerprint density at radius 2 is 1.96 bits per heavy atom. The molecule has 0 radical (unpaired) electrons. The number of alkyl halides is 3. The molecule has 3 aromatic rings. The highest BCUT2D eigenvalue weighted by molar-refractivity contribution is 7.11. The second-order valence-corrected chi connectivity index (χ2v) is 6.38. The van der Waals surface area contributed by atoms with Crippen LogP contribution in [0.3, 0.4) is 0 Å². The predicted molar refractivity (Wildman–Crippen MR) is 99.0 cm³/mol. The lowest BCUT2D eigenvalue weighted by Crippen LogP contribution is -2.07. The largest absolute Gasteiger partial charge is 0.497 e. The fourth-order valence-electron chi connectivity index (χ4n) is 2.49. The molecule has 0 bridgehead atoms. The third-order valence-corrected chi connectivity index (χ3v) is 4.66. The number of allylic oxidation sites excluding steroid dienone is 1. The highest BCUT2D eigenvalue weighted by atomic mass is 32.1. The summed E-state index contributed by atoms with van der Waals surface area (Å²) in [7, 11) is 1.56. The zero-order valence-electron chi connectivity index (χ0n) is 14.1. The number of halogens is 3. The lowest BCUT2D eigenvalue weighted by molar-refractivity contribution is -0.137. The van der Waals surface area contributed by atoms with Crippen molar-refractivity contribution < 1.29 is 17.9 Å². The van der Waals surface area contributed by atoms with E-state index in [1.54, 1.807) is 24.6 Å². The Morgan fingerprint density at radius 3 is 2.67 bits per heavy atom. The first kappa shape index (κ1) is 18.7.